The van der Waals surface area contributed by atoms with Gasteiger partial charge in [-0.25, -0.2) is 0 Å². The average molecular weight is 351 g/mol. The molecular weight excluding hydrogens is 322 g/mol. The Labute approximate surface area is 148 Å². The summed E-state index contributed by atoms with van der Waals surface area (Å²) in [6, 6.07) is 2.10. The minimum Gasteiger partial charge on any atom is -0.467 e. The minimum atomic E-state index is -0.717. The van der Waals surface area contributed by atoms with Gasteiger partial charge in [-0.3, -0.25) is 14.4 Å². The van der Waals surface area contributed by atoms with Gasteiger partial charge in [0.2, 0.25) is 17.7 Å². The molecular formula is C18H29N3O4. The molecule has 7 heteroatoms. The summed E-state index contributed by atoms with van der Waals surface area (Å²) in [6.45, 7) is 9.43. The van der Waals surface area contributed by atoms with E-state index in [4.69, 9.17) is 4.42 Å². The van der Waals surface area contributed by atoms with E-state index in [1.807, 2.05) is 27.7 Å². The second kappa shape index (κ2) is 9.86. The number of furan rings is 1. The van der Waals surface area contributed by atoms with Gasteiger partial charge in [0.25, 0.3) is 0 Å². The first-order valence-corrected chi connectivity index (χ1v) is 8.60. The van der Waals surface area contributed by atoms with Gasteiger partial charge in [-0.05, 0) is 30.9 Å². The summed E-state index contributed by atoms with van der Waals surface area (Å²) in [5, 5.41) is 8.09. The zero-order valence-corrected chi connectivity index (χ0v) is 15.6. The Hall–Kier alpha value is -2.31. The molecule has 2 atom stereocenters. The SMILES string of the molecule is CC(C)CC(=O)NC(C(=O)NC(C)C(=O)NCc1ccco1)C(C)C. The maximum Gasteiger partial charge on any atom is 0.243 e. The van der Waals surface area contributed by atoms with Crippen molar-refractivity contribution >= 4 is 17.7 Å². The molecule has 0 saturated heterocycles. The van der Waals surface area contributed by atoms with E-state index in [9.17, 15) is 14.4 Å². The van der Waals surface area contributed by atoms with Crippen molar-refractivity contribution in [3.8, 4) is 0 Å². The Balaban J connectivity index is 2.53. The van der Waals surface area contributed by atoms with Crippen LogP contribution in [0, 0.1) is 11.8 Å². The van der Waals surface area contributed by atoms with E-state index < -0.39 is 12.1 Å². The Kier molecular flexibility index (Phi) is 8.18. The summed E-state index contributed by atoms with van der Waals surface area (Å²) in [5.41, 5.74) is 0. The van der Waals surface area contributed by atoms with Crippen molar-refractivity contribution in [1.82, 2.24) is 16.0 Å². The van der Waals surface area contributed by atoms with Crippen LogP contribution in [0.4, 0.5) is 0 Å². The third-order valence-electron chi connectivity index (χ3n) is 3.63. The van der Waals surface area contributed by atoms with Crippen molar-refractivity contribution in [3.63, 3.8) is 0 Å². The van der Waals surface area contributed by atoms with Crippen molar-refractivity contribution in [3.05, 3.63) is 24.2 Å². The molecule has 0 bridgehead atoms. The summed E-state index contributed by atoms with van der Waals surface area (Å²) >= 11 is 0. The van der Waals surface area contributed by atoms with Crippen LogP contribution in [0.25, 0.3) is 0 Å². The molecule has 1 aromatic rings. The maximum absolute atomic E-state index is 12.4. The van der Waals surface area contributed by atoms with Crippen molar-refractivity contribution in [2.24, 2.45) is 11.8 Å². The lowest BCUT2D eigenvalue weighted by Gasteiger charge is -2.24. The normalized spacial score (nSPS) is 13.4. The van der Waals surface area contributed by atoms with Crippen LogP contribution in [0.15, 0.2) is 22.8 Å². The number of nitrogens with one attached hydrogen (secondary N) is 3. The van der Waals surface area contributed by atoms with Crippen LogP contribution in [0.1, 0.15) is 46.8 Å². The van der Waals surface area contributed by atoms with Gasteiger partial charge in [-0.15, -0.1) is 0 Å². The lowest BCUT2D eigenvalue weighted by atomic mass is 10.0. The average Bonchev–Trinajstić information content (AvgIpc) is 3.02. The molecule has 0 fully saturated rings. The van der Waals surface area contributed by atoms with Gasteiger partial charge in [0, 0.05) is 6.42 Å². The maximum atomic E-state index is 12.4. The van der Waals surface area contributed by atoms with Crippen LogP contribution < -0.4 is 16.0 Å². The van der Waals surface area contributed by atoms with Crippen molar-refractivity contribution < 1.29 is 18.8 Å². The molecule has 25 heavy (non-hydrogen) atoms. The van der Waals surface area contributed by atoms with Crippen LogP contribution in [0.5, 0.6) is 0 Å². The molecule has 0 aromatic carbocycles. The van der Waals surface area contributed by atoms with Crippen molar-refractivity contribution in [1.29, 1.82) is 0 Å². The molecule has 0 aliphatic heterocycles. The first-order valence-electron chi connectivity index (χ1n) is 8.60. The van der Waals surface area contributed by atoms with E-state index in [1.165, 1.54) is 6.26 Å². The third-order valence-corrected chi connectivity index (χ3v) is 3.63. The summed E-state index contributed by atoms with van der Waals surface area (Å²) in [4.78, 5) is 36.5. The molecule has 0 saturated carbocycles. The van der Waals surface area contributed by atoms with E-state index in [2.05, 4.69) is 16.0 Å². The Morgan fingerprint density at radius 2 is 1.72 bits per heavy atom. The van der Waals surface area contributed by atoms with Gasteiger partial charge in [0.05, 0.1) is 12.8 Å². The van der Waals surface area contributed by atoms with Gasteiger partial charge < -0.3 is 20.4 Å². The van der Waals surface area contributed by atoms with E-state index in [0.29, 0.717) is 12.2 Å². The molecule has 7 nitrogen and oxygen atoms in total. The van der Waals surface area contributed by atoms with Crippen molar-refractivity contribution in [2.45, 2.75) is 59.7 Å². The molecule has 140 valence electrons. The fourth-order valence-electron chi connectivity index (χ4n) is 2.25. The topological polar surface area (TPSA) is 100 Å². The molecule has 0 spiro atoms. The number of rotatable bonds is 9. The van der Waals surface area contributed by atoms with Gasteiger partial charge in [0.15, 0.2) is 0 Å². The highest BCUT2D eigenvalue weighted by Crippen LogP contribution is 2.06. The highest BCUT2D eigenvalue weighted by atomic mass is 16.3. The van der Waals surface area contributed by atoms with Crippen LogP contribution >= 0.6 is 0 Å². The Morgan fingerprint density at radius 1 is 1.04 bits per heavy atom. The van der Waals surface area contributed by atoms with Gasteiger partial charge in [-0.2, -0.15) is 0 Å². The standard InChI is InChI=1S/C18H29N3O4/c1-11(2)9-15(22)21-16(12(3)4)18(24)20-13(5)17(23)19-10-14-7-6-8-25-14/h6-8,11-13,16H,9-10H2,1-5H3,(H,19,23)(H,20,24)(H,21,22). The van der Waals surface area contributed by atoms with Gasteiger partial charge in [-0.1, -0.05) is 27.7 Å². The molecule has 0 aliphatic rings. The van der Waals surface area contributed by atoms with Crippen molar-refractivity contribution in [2.75, 3.05) is 0 Å². The van der Waals surface area contributed by atoms with E-state index in [1.54, 1.807) is 19.1 Å². The largest absolute Gasteiger partial charge is 0.467 e. The minimum absolute atomic E-state index is 0.0884. The van der Waals surface area contributed by atoms with E-state index in [0.717, 1.165) is 0 Å². The first-order chi connectivity index (χ1) is 11.7. The summed E-state index contributed by atoms with van der Waals surface area (Å²) in [5.74, 6) is -0.100. The summed E-state index contributed by atoms with van der Waals surface area (Å²) in [7, 11) is 0. The Morgan fingerprint density at radius 3 is 2.24 bits per heavy atom. The van der Waals surface area contributed by atoms with Gasteiger partial charge >= 0.3 is 0 Å². The zero-order valence-electron chi connectivity index (χ0n) is 15.6. The smallest absolute Gasteiger partial charge is 0.243 e. The Bertz CT molecular complexity index is 567. The number of hydrogen-bond donors (Lipinski definition) is 3. The number of carbonyl (C=O) groups excluding carboxylic acids is 3. The molecule has 2 unspecified atom stereocenters. The molecule has 1 aromatic heterocycles. The summed E-state index contributed by atoms with van der Waals surface area (Å²) < 4.78 is 5.14. The first kappa shape index (κ1) is 20.7. The highest BCUT2D eigenvalue weighted by Gasteiger charge is 2.27. The predicted octanol–water partition coefficient (Wildman–Crippen LogP) is 1.59. The monoisotopic (exact) mass is 351 g/mol. The van der Waals surface area contributed by atoms with Gasteiger partial charge in [0.1, 0.15) is 17.8 Å². The van der Waals surface area contributed by atoms with Crippen LogP contribution in [0.3, 0.4) is 0 Å². The quantitative estimate of drug-likeness (QED) is 0.629. The lowest BCUT2D eigenvalue weighted by Crippen LogP contribution is -2.54. The zero-order chi connectivity index (χ0) is 19.0. The summed E-state index contributed by atoms with van der Waals surface area (Å²) in [6.07, 6.45) is 1.88. The highest BCUT2D eigenvalue weighted by molar-refractivity contribution is 5.92. The van der Waals surface area contributed by atoms with Crippen LogP contribution in [-0.2, 0) is 20.9 Å². The lowest BCUT2D eigenvalue weighted by molar-refractivity contribution is -0.133. The fraction of sp³-hybridized carbons (Fsp3) is 0.611. The molecule has 3 N–H and O–H groups in total. The molecule has 1 rings (SSSR count). The second-order valence-corrected chi connectivity index (χ2v) is 6.91. The second-order valence-electron chi connectivity index (χ2n) is 6.91. The molecule has 0 aliphatic carbocycles. The predicted molar refractivity (Wildman–Crippen MR) is 94.4 cm³/mol. The molecule has 1 heterocycles. The van der Waals surface area contributed by atoms with E-state index >= 15 is 0 Å². The van der Waals surface area contributed by atoms with E-state index in [-0.39, 0.29) is 36.1 Å². The van der Waals surface area contributed by atoms with Crippen LogP contribution in [0.2, 0.25) is 0 Å². The number of hydrogen-bond acceptors (Lipinski definition) is 4. The number of amides is 3. The number of carbonyl (C=O) groups is 3. The molecule has 3 amide bonds. The molecule has 0 radical (unpaired) electrons. The van der Waals surface area contributed by atoms with Crippen LogP contribution in [-0.4, -0.2) is 29.8 Å². The fourth-order valence-corrected chi connectivity index (χ4v) is 2.25. The third kappa shape index (κ3) is 7.41.